The van der Waals surface area contributed by atoms with Crippen molar-refractivity contribution in [2.45, 2.75) is 13.5 Å². The van der Waals surface area contributed by atoms with Gasteiger partial charge in [0, 0.05) is 24.4 Å². The van der Waals surface area contributed by atoms with Gasteiger partial charge >= 0.3 is 6.61 Å². The minimum absolute atomic E-state index is 0.109. The maximum absolute atomic E-state index is 12.6. The highest BCUT2D eigenvalue weighted by molar-refractivity contribution is 6.03. The molecular weight excluding hydrogens is 328 g/mol. The lowest BCUT2D eigenvalue weighted by molar-refractivity contribution is -0.113. The number of ether oxygens (including phenoxy) is 2. The number of carbonyl (C=O) groups excluding carboxylic acids is 1. The summed E-state index contributed by atoms with van der Waals surface area (Å²) in [5.41, 5.74) is 2.09. The number of halogens is 2. The second-order valence-corrected chi connectivity index (χ2v) is 5.33. The second-order valence-electron chi connectivity index (χ2n) is 5.33. The molecule has 0 unspecified atom stereocenters. The first kappa shape index (κ1) is 18.4. The van der Waals surface area contributed by atoms with E-state index in [0.717, 1.165) is 11.3 Å². The molecule has 25 heavy (non-hydrogen) atoms. The van der Waals surface area contributed by atoms with E-state index in [2.05, 4.69) is 4.74 Å². The summed E-state index contributed by atoms with van der Waals surface area (Å²) < 4.78 is 34.8. The minimum atomic E-state index is -2.99. The molecule has 0 saturated heterocycles. The number of alkyl halides is 2. The summed E-state index contributed by atoms with van der Waals surface area (Å²) in [6.07, 6.45) is 2.73. The molecule has 2 rings (SSSR count). The molecule has 0 radical (unpaired) electrons. The Kier molecular flexibility index (Phi) is 6.11. The van der Waals surface area contributed by atoms with Crippen LogP contribution < -0.4 is 14.4 Å². The van der Waals surface area contributed by atoms with Gasteiger partial charge in [-0.15, -0.1) is 0 Å². The molecule has 2 aromatic rings. The normalized spacial score (nSPS) is 11.0. The standard InChI is InChI=1S/C19H19F2NO3/c1-13-6-4-8-15(12-13)22(2)17(23)11-10-14-7-5-9-16(24-3)18(14)25-19(20)21/h4-12,19H,1-3H3/b11-10+. The van der Waals surface area contributed by atoms with Crippen molar-refractivity contribution in [3.05, 3.63) is 59.7 Å². The van der Waals surface area contributed by atoms with E-state index in [0.29, 0.717) is 5.56 Å². The number of aryl methyl sites for hydroxylation is 1. The number of benzene rings is 2. The summed E-state index contributed by atoms with van der Waals surface area (Å²) in [6.45, 7) is -1.06. The predicted molar refractivity (Wildman–Crippen MR) is 93.2 cm³/mol. The molecule has 0 bridgehead atoms. The first-order valence-electron chi connectivity index (χ1n) is 7.56. The molecule has 0 aliphatic heterocycles. The van der Waals surface area contributed by atoms with Crippen LogP contribution in [0.2, 0.25) is 0 Å². The lowest BCUT2D eigenvalue weighted by Gasteiger charge is -2.16. The summed E-state index contributed by atoms with van der Waals surface area (Å²) in [6, 6.07) is 12.2. The summed E-state index contributed by atoms with van der Waals surface area (Å²) >= 11 is 0. The fourth-order valence-electron chi connectivity index (χ4n) is 2.28. The molecule has 2 aromatic carbocycles. The third-order valence-electron chi connectivity index (χ3n) is 3.56. The number of hydrogen-bond acceptors (Lipinski definition) is 3. The number of nitrogens with zero attached hydrogens (tertiary/aromatic N) is 1. The molecule has 6 heteroatoms. The maximum Gasteiger partial charge on any atom is 0.387 e. The van der Waals surface area contributed by atoms with E-state index >= 15 is 0 Å². The van der Waals surface area contributed by atoms with E-state index in [1.807, 2.05) is 31.2 Å². The Hall–Kier alpha value is -2.89. The number of methoxy groups -OCH3 is 1. The van der Waals surface area contributed by atoms with Crippen LogP contribution in [0.3, 0.4) is 0 Å². The Balaban J connectivity index is 2.24. The van der Waals surface area contributed by atoms with Crippen molar-refractivity contribution in [1.82, 2.24) is 0 Å². The van der Waals surface area contributed by atoms with Crippen molar-refractivity contribution in [1.29, 1.82) is 0 Å². The number of rotatable bonds is 6. The molecule has 0 saturated carbocycles. The van der Waals surface area contributed by atoms with E-state index in [9.17, 15) is 13.6 Å². The Labute approximate surface area is 145 Å². The molecule has 0 aliphatic carbocycles. The van der Waals surface area contributed by atoms with Gasteiger partial charge < -0.3 is 14.4 Å². The van der Waals surface area contributed by atoms with Crippen molar-refractivity contribution in [3.63, 3.8) is 0 Å². The number of carbonyl (C=O) groups is 1. The lowest BCUT2D eigenvalue weighted by atomic mass is 10.1. The zero-order chi connectivity index (χ0) is 18.4. The van der Waals surface area contributed by atoms with Crippen LogP contribution in [0.15, 0.2) is 48.5 Å². The van der Waals surface area contributed by atoms with Gasteiger partial charge in [-0.3, -0.25) is 4.79 Å². The fourth-order valence-corrected chi connectivity index (χ4v) is 2.28. The molecule has 0 N–H and O–H groups in total. The van der Waals surface area contributed by atoms with Crippen molar-refractivity contribution >= 4 is 17.7 Å². The largest absolute Gasteiger partial charge is 0.493 e. The molecular formula is C19H19F2NO3. The minimum Gasteiger partial charge on any atom is -0.493 e. The summed E-state index contributed by atoms with van der Waals surface area (Å²) in [5, 5.41) is 0. The van der Waals surface area contributed by atoms with Gasteiger partial charge in [0.1, 0.15) is 0 Å². The zero-order valence-electron chi connectivity index (χ0n) is 14.2. The van der Waals surface area contributed by atoms with Crippen LogP contribution in [0.25, 0.3) is 6.08 Å². The van der Waals surface area contributed by atoms with Gasteiger partial charge in [-0.2, -0.15) is 8.78 Å². The molecule has 4 nitrogen and oxygen atoms in total. The van der Waals surface area contributed by atoms with Crippen molar-refractivity contribution in [3.8, 4) is 11.5 Å². The smallest absolute Gasteiger partial charge is 0.387 e. The van der Waals surface area contributed by atoms with Crippen LogP contribution in [0, 0.1) is 6.92 Å². The Morgan fingerprint density at radius 3 is 2.56 bits per heavy atom. The van der Waals surface area contributed by atoms with Crippen LogP contribution >= 0.6 is 0 Å². The number of anilines is 1. The maximum atomic E-state index is 12.6. The molecule has 0 heterocycles. The topological polar surface area (TPSA) is 38.8 Å². The first-order valence-corrected chi connectivity index (χ1v) is 7.56. The zero-order valence-corrected chi connectivity index (χ0v) is 14.2. The van der Waals surface area contributed by atoms with Crippen molar-refractivity contribution in [2.24, 2.45) is 0 Å². The van der Waals surface area contributed by atoms with E-state index in [4.69, 9.17) is 4.74 Å². The lowest BCUT2D eigenvalue weighted by Crippen LogP contribution is -2.23. The van der Waals surface area contributed by atoms with E-state index in [1.165, 1.54) is 30.2 Å². The van der Waals surface area contributed by atoms with Crippen LogP contribution in [-0.2, 0) is 4.79 Å². The monoisotopic (exact) mass is 347 g/mol. The van der Waals surface area contributed by atoms with Crippen LogP contribution in [0.1, 0.15) is 11.1 Å². The van der Waals surface area contributed by atoms with E-state index in [-0.39, 0.29) is 17.4 Å². The van der Waals surface area contributed by atoms with Gasteiger partial charge in [-0.1, -0.05) is 24.3 Å². The summed E-state index contributed by atoms with van der Waals surface area (Å²) in [4.78, 5) is 13.8. The van der Waals surface area contributed by atoms with Crippen molar-refractivity contribution in [2.75, 3.05) is 19.1 Å². The number of amides is 1. The van der Waals surface area contributed by atoms with Gasteiger partial charge in [-0.25, -0.2) is 0 Å². The molecule has 0 fully saturated rings. The average Bonchev–Trinajstić information content (AvgIpc) is 2.59. The fraction of sp³-hybridized carbons (Fsp3) is 0.211. The first-order chi connectivity index (χ1) is 11.9. The van der Waals surface area contributed by atoms with Crippen LogP contribution in [0.4, 0.5) is 14.5 Å². The number of hydrogen-bond donors (Lipinski definition) is 0. The van der Waals surface area contributed by atoms with Crippen LogP contribution in [-0.4, -0.2) is 26.7 Å². The summed E-state index contributed by atoms with van der Waals surface area (Å²) in [5.74, 6) is -0.236. The average molecular weight is 347 g/mol. The molecule has 0 atom stereocenters. The highest BCUT2D eigenvalue weighted by Crippen LogP contribution is 2.33. The molecule has 0 aromatic heterocycles. The highest BCUT2D eigenvalue weighted by Gasteiger charge is 2.14. The third kappa shape index (κ3) is 4.79. The molecule has 0 spiro atoms. The van der Waals surface area contributed by atoms with Gasteiger partial charge in [-0.05, 0) is 36.8 Å². The van der Waals surface area contributed by atoms with Gasteiger partial charge in [0.2, 0.25) is 0 Å². The molecule has 1 amide bonds. The molecule has 0 aliphatic rings. The van der Waals surface area contributed by atoms with Crippen molar-refractivity contribution < 1.29 is 23.0 Å². The quantitative estimate of drug-likeness (QED) is 0.732. The van der Waals surface area contributed by atoms with Gasteiger partial charge in [0.05, 0.1) is 7.11 Å². The second kappa shape index (κ2) is 8.28. The number of para-hydroxylation sites is 1. The Morgan fingerprint density at radius 2 is 1.92 bits per heavy atom. The van der Waals surface area contributed by atoms with E-state index in [1.54, 1.807) is 19.2 Å². The Morgan fingerprint density at radius 1 is 1.20 bits per heavy atom. The van der Waals surface area contributed by atoms with Crippen LogP contribution in [0.5, 0.6) is 11.5 Å². The molecule has 132 valence electrons. The van der Waals surface area contributed by atoms with E-state index < -0.39 is 6.61 Å². The summed E-state index contributed by atoms with van der Waals surface area (Å²) in [7, 11) is 3.00. The number of likely N-dealkylation sites (N-methyl/N-ethyl adjacent to an activating group) is 1. The predicted octanol–water partition coefficient (Wildman–Crippen LogP) is 4.28. The van der Waals surface area contributed by atoms with Gasteiger partial charge in [0.15, 0.2) is 11.5 Å². The highest BCUT2D eigenvalue weighted by atomic mass is 19.3. The Bertz CT molecular complexity index is 775. The third-order valence-corrected chi connectivity index (χ3v) is 3.56. The SMILES string of the molecule is COc1cccc(/C=C/C(=O)N(C)c2cccc(C)c2)c1OC(F)F. The van der Waals surface area contributed by atoms with Gasteiger partial charge in [0.25, 0.3) is 5.91 Å².